The molecule has 6 heteroatoms. The van der Waals surface area contributed by atoms with Crippen LogP contribution in [0.2, 0.25) is 0 Å². The van der Waals surface area contributed by atoms with Gasteiger partial charge in [-0.25, -0.2) is 4.79 Å². The molecule has 2 aromatic rings. The predicted octanol–water partition coefficient (Wildman–Crippen LogP) is 0.629. The van der Waals surface area contributed by atoms with Crippen LogP contribution in [-0.4, -0.2) is 51.4 Å². The van der Waals surface area contributed by atoms with E-state index in [9.17, 15) is 9.59 Å². The number of carbonyl (C=O) groups excluding carboxylic acids is 1. The van der Waals surface area contributed by atoms with Crippen molar-refractivity contribution in [3.8, 4) is 0 Å². The first-order chi connectivity index (χ1) is 8.09. The van der Waals surface area contributed by atoms with Crippen molar-refractivity contribution in [2.45, 2.75) is 0 Å². The Morgan fingerprint density at radius 1 is 1.28 bits per heavy atom. The van der Waals surface area contributed by atoms with Crippen molar-refractivity contribution in [3.05, 3.63) is 47.8 Å². The first kappa shape index (κ1) is 14.5. The summed E-state index contributed by atoms with van der Waals surface area (Å²) in [7, 11) is 0. The van der Waals surface area contributed by atoms with E-state index >= 15 is 0 Å². The average molecular weight is 254 g/mol. The van der Waals surface area contributed by atoms with E-state index in [1.807, 2.05) is 12.1 Å². The van der Waals surface area contributed by atoms with E-state index in [2.05, 4.69) is 4.98 Å². The van der Waals surface area contributed by atoms with Crippen molar-refractivity contribution in [2.24, 2.45) is 5.73 Å². The number of fused-ring (bicyclic) bond motifs is 1. The van der Waals surface area contributed by atoms with Crippen LogP contribution in [0.1, 0.15) is 10.4 Å². The van der Waals surface area contributed by atoms with Crippen LogP contribution in [0.5, 0.6) is 0 Å². The second-order valence-electron chi connectivity index (χ2n) is 3.52. The Labute approximate surface area is 125 Å². The van der Waals surface area contributed by atoms with Gasteiger partial charge in [-0.3, -0.25) is 4.79 Å². The Morgan fingerprint density at radius 2 is 1.94 bits per heavy atom. The molecule has 1 aromatic carbocycles. The normalized spacial score (nSPS) is 11.0. The molecule has 0 amide bonds. The fourth-order valence-corrected chi connectivity index (χ4v) is 1.56. The molecule has 0 aliphatic rings. The summed E-state index contributed by atoms with van der Waals surface area (Å²) in [6.45, 7) is 0. The molecule has 0 fully saturated rings. The topological polar surface area (TPSA) is 96.2 Å². The summed E-state index contributed by atoms with van der Waals surface area (Å²) in [5.41, 5.74) is 5.95. The van der Waals surface area contributed by atoms with E-state index in [1.165, 1.54) is 0 Å². The van der Waals surface area contributed by atoms with Crippen LogP contribution in [-0.2, 0) is 4.79 Å². The molecule has 0 bridgehead atoms. The van der Waals surface area contributed by atoms with Crippen molar-refractivity contribution >= 4 is 52.2 Å². The molecule has 4 N–H and O–H groups in total. The number of para-hydroxylation sites is 1. The number of nitrogens with two attached hydrogens (primary N) is 1. The predicted molar refractivity (Wildman–Crippen MR) is 69.7 cm³/mol. The van der Waals surface area contributed by atoms with E-state index in [-0.39, 0.29) is 29.6 Å². The molecule has 0 aliphatic carbocycles. The molecule has 0 atom stereocenters. The van der Waals surface area contributed by atoms with Crippen molar-refractivity contribution in [3.63, 3.8) is 0 Å². The Morgan fingerprint density at radius 3 is 2.61 bits per heavy atom. The summed E-state index contributed by atoms with van der Waals surface area (Å²) in [6.07, 6.45) is 2.45. The van der Waals surface area contributed by atoms with Crippen LogP contribution in [0.3, 0.4) is 0 Å². The molecule has 0 saturated carbocycles. The number of allylic oxidation sites excluding steroid dienone is 1. The average Bonchev–Trinajstić information content (AvgIpc) is 2.72. The van der Waals surface area contributed by atoms with Crippen LogP contribution < -0.4 is 5.73 Å². The maximum atomic E-state index is 11.8. The third kappa shape index (κ3) is 2.81. The van der Waals surface area contributed by atoms with Gasteiger partial charge in [0.15, 0.2) is 5.78 Å². The Balaban J connectivity index is 0.00000162. The number of carbonyl (C=O) groups is 2. The molecule has 5 nitrogen and oxygen atoms in total. The van der Waals surface area contributed by atoms with Gasteiger partial charge in [-0.05, 0) is 6.07 Å². The molecule has 0 saturated heterocycles. The molecule has 2 rings (SSSR count). The van der Waals surface area contributed by atoms with Gasteiger partial charge in [-0.1, -0.05) is 18.2 Å². The molecular formula is C12H11N2NaO3. The maximum absolute atomic E-state index is 11.8. The zero-order valence-corrected chi connectivity index (χ0v) is 8.81. The Bertz CT molecular complexity index is 631. The number of H-pyrrole nitrogens is 1. The van der Waals surface area contributed by atoms with Crippen molar-refractivity contribution < 1.29 is 14.7 Å². The number of hydrogen-bond donors (Lipinski definition) is 3. The minimum atomic E-state index is -1.31. The molecule has 1 aromatic heterocycles. The first-order valence-corrected chi connectivity index (χ1v) is 4.90. The van der Waals surface area contributed by atoms with Gasteiger partial charge in [0, 0.05) is 28.7 Å². The van der Waals surface area contributed by atoms with Crippen LogP contribution in [0.25, 0.3) is 10.9 Å². The van der Waals surface area contributed by atoms with Crippen LogP contribution in [0, 0.1) is 0 Å². The van der Waals surface area contributed by atoms with Gasteiger partial charge in [-0.2, -0.15) is 0 Å². The Hall–Kier alpha value is -1.56. The van der Waals surface area contributed by atoms with Crippen LogP contribution >= 0.6 is 0 Å². The van der Waals surface area contributed by atoms with Crippen molar-refractivity contribution in [2.75, 3.05) is 0 Å². The number of aromatic nitrogens is 1. The molecular weight excluding hydrogens is 243 g/mol. The second-order valence-corrected chi connectivity index (χ2v) is 3.52. The fraction of sp³-hybridized carbons (Fsp3) is 0. The number of ketones is 1. The van der Waals surface area contributed by atoms with E-state index < -0.39 is 17.4 Å². The van der Waals surface area contributed by atoms with E-state index in [0.717, 1.165) is 17.0 Å². The van der Waals surface area contributed by atoms with Gasteiger partial charge >= 0.3 is 35.5 Å². The van der Waals surface area contributed by atoms with E-state index in [4.69, 9.17) is 10.8 Å². The second kappa shape index (κ2) is 5.86. The first-order valence-electron chi connectivity index (χ1n) is 4.90. The third-order valence-corrected chi connectivity index (χ3v) is 2.39. The quantitative estimate of drug-likeness (QED) is 0.425. The minimum absolute atomic E-state index is 0. The zero-order chi connectivity index (χ0) is 12.4. The summed E-state index contributed by atoms with van der Waals surface area (Å²) in [4.78, 5) is 25.2. The molecule has 1 heterocycles. The summed E-state index contributed by atoms with van der Waals surface area (Å²) < 4.78 is 0. The number of benzene rings is 1. The number of hydrogen-bond acceptors (Lipinski definition) is 3. The van der Waals surface area contributed by atoms with E-state index in [0.29, 0.717) is 5.56 Å². The van der Waals surface area contributed by atoms with Crippen LogP contribution in [0.15, 0.2) is 42.2 Å². The Kier molecular flexibility index (Phi) is 4.72. The summed E-state index contributed by atoms with van der Waals surface area (Å²) in [5.74, 6) is -1.74. The fourth-order valence-electron chi connectivity index (χ4n) is 1.56. The van der Waals surface area contributed by atoms with Gasteiger partial charge < -0.3 is 15.8 Å². The van der Waals surface area contributed by atoms with Gasteiger partial charge in [0.05, 0.1) is 0 Å². The molecule has 0 spiro atoms. The summed E-state index contributed by atoms with van der Waals surface area (Å²) in [5, 5.41) is 9.33. The van der Waals surface area contributed by atoms with Gasteiger partial charge in [0.1, 0.15) is 5.70 Å². The van der Waals surface area contributed by atoms with Gasteiger partial charge in [0.25, 0.3) is 0 Å². The third-order valence-electron chi connectivity index (χ3n) is 2.39. The SMILES string of the molecule is N/C(=C\C(=O)c1c[nH]c2ccccc12)C(=O)O.[NaH]. The monoisotopic (exact) mass is 254 g/mol. The van der Waals surface area contributed by atoms with Gasteiger partial charge in [0.2, 0.25) is 0 Å². The summed E-state index contributed by atoms with van der Waals surface area (Å²) in [6, 6.07) is 7.26. The number of carboxylic acid groups (broad SMARTS) is 1. The number of nitrogens with one attached hydrogen (secondary N) is 1. The van der Waals surface area contributed by atoms with Crippen LogP contribution in [0.4, 0.5) is 0 Å². The molecule has 0 aliphatic heterocycles. The summed E-state index contributed by atoms with van der Waals surface area (Å²) >= 11 is 0. The molecule has 88 valence electrons. The number of aliphatic carboxylic acids is 1. The number of aromatic amines is 1. The number of rotatable bonds is 3. The molecule has 18 heavy (non-hydrogen) atoms. The molecule has 0 radical (unpaired) electrons. The van der Waals surface area contributed by atoms with Crippen molar-refractivity contribution in [1.29, 1.82) is 0 Å². The number of carboxylic acids is 1. The van der Waals surface area contributed by atoms with E-state index in [1.54, 1.807) is 18.3 Å². The molecule has 0 unspecified atom stereocenters. The van der Waals surface area contributed by atoms with Gasteiger partial charge in [-0.15, -0.1) is 0 Å². The zero-order valence-electron chi connectivity index (χ0n) is 8.81. The standard InChI is InChI=1S/C12H10N2O3.Na.H/c13-9(12(16)17)5-11(15)8-6-14-10-4-2-1-3-7(8)10;;/h1-6,14H,13H2,(H,16,17);;/b9-5-;;. The van der Waals surface area contributed by atoms with Crippen molar-refractivity contribution in [1.82, 2.24) is 4.98 Å².